The van der Waals surface area contributed by atoms with Gasteiger partial charge in [-0.3, -0.25) is 4.79 Å². The Labute approximate surface area is 170 Å². The zero-order valence-electron chi connectivity index (χ0n) is 16.8. The third-order valence-corrected chi connectivity index (χ3v) is 5.57. The topological polar surface area (TPSA) is 58.1 Å². The second kappa shape index (κ2) is 8.15. The van der Waals surface area contributed by atoms with Crippen molar-refractivity contribution in [3.63, 3.8) is 0 Å². The Hall–Kier alpha value is -3.02. The maximum Gasteiger partial charge on any atom is 0.257 e. The number of nitrogens with one attached hydrogen (secondary N) is 1. The number of hydrogen-bond acceptors (Lipinski definition) is 4. The molecule has 0 aliphatic carbocycles. The fourth-order valence-corrected chi connectivity index (χ4v) is 3.99. The molecule has 0 spiro atoms. The van der Waals surface area contributed by atoms with E-state index < -0.39 is 0 Å². The molecule has 2 aromatic heterocycles. The number of piperidine rings is 1. The van der Waals surface area contributed by atoms with Crippen LogP contribution in [0.4, 0.5) is 15.8 Å². The van der Waals surface area contributed by atoms with Crippen LogP contribution in [0.3, 0.4) is 0 Å². The summed E-state index contributed by atoms with van der Waals surface area (Å²) in [5.41, 5.74) is 3.34. The van der Waals surface area contributed by atoms with Crippen LogP contribution in [0, 0.1) is 12.7 Å². The lowest BCUT2D eigenvalue weighted by Crippen LogP contribution is -2.43. The van der Waals surface area contributed by atoms with Crippen LogP contribution >= 0.6 is 0 Å². The number of aromatic nitrogens is 2. The number of nitrogens with zero attached hydrogens (tertiary/aromatic N) is 3. The molecule has 1 aliphatic heterocycles. The Morgan fingerprint density at radius 2 is 2.00 bits per heavy atom. The summed E-state index contributed by atoms with van der Waals surface area (Å²) >= 11 is 0. The number of amides is 1. The number of fused-ring (bicyclic) bond motifs is 1. The second-order valence-corrected chi connectivity index (χ2v) is 7.56. The molecule has 1 aromatic carbocycles. The van der Waals surface area contributed by atoms with E-state index in [9.17, 15) is 9.18 Å². The number of benzene rings is 1. The van der Waals surface area contributed by atoms with Crippen molar-refractivity contribution in [2.75, 3.05) is 11.9 Å². The molecule has 3 aromatic rings. The molecule has 6 heteroatoms. The van der Waals surface area contributed by atoms with Crippen molar-refractivity contribution < 1.29 is 9.18 Å². The standard InChI is InChI=1S/C23H25FN4O/c1-3-18-6-4-5-13-28(18)23(29)20-14-25-22-19(12-7-15(2)26-22)21(20)27-17-10-8-16(24)9-11-17/h7-12,14,18H,3-6,13H2,1-2H3,(H,25,26,27). The van der Waals surface area contributed by atoms with Gasteiger partial charge in [-0.05, 0) is 69.0 Å². The molecule has 1 N–H and O–H groups in total. The normalized spacial score (nSPS) is 16.8. The number of rotatable bonds is 4. The van der Waals surface area contributed by atoms with Crippen molar-refractivity contribution in [1.82, 2.24) is 14.9 Å². The van der Waals surface area contributed by atoms with Gasteiger partial charge in [-0.15, -0.1) is 0 Å². The molecule has 1 fully saturated rings. The fraction of sp³-hybridized carbons (Fsp3) is 0.348. The molecule has 4 rings (SSSR count). The molecule has 29 heavy (non-hydrogen) atoms. The van der Waals surface area contributed by atoms with Gasteiger partial charge in [-0.2, -0.15) is 0 Å². The maximum absolute atomic E-state index is 13.5. The quantitative estimate of drug-likeness (QED) is 0.661. The first-order valence-electron chi connectivity index (χ1n) is 10.2. The molecular formula is C23H25FN4O. The monoisotopic (exact) mass is 392 g/mol. The van der Waals surface area contributed by atoms with Crippen LogP contribution in [0.15, 0.2) is 42.6 Å². The van der Waals surface area contributed by atoms with E-state index in [1.807, 2.05) is 24.0 Å². The van der Waals surface area contributed by atoms with E-state index >= 15 is 0 Å². The Morgan fingerprint density at radius 1 is 1.21 bits per heavy atom. The molecule has 1 saturated heterocycles. The molecule has 150 valence electrons. The van der Waals surface area contributed by atoms with E-state index in [4.69, 9.17) is 0 Å². The lowest BCUT2D eigenvalue weighted by molar-refractivity contribution is 0.0609. The molecule has 5 nitrogen and oxygen atoms in total. The Bertz CT molecular complexity index is 1030. The van der Waals surface area contributed by atoms with Gasteiger partial charge in [-0.25, -0.2) is 14.4 Å². The van der Waals surface area contributed by atoms with Gasteiger partial charge >= 0.3 is 0 Å². The zero-order chi connectivity index (χ0) is 20.4. The molecule has 0 saturated carbocycles. The van der Waals surface area contributed by atoms with Gasteiger partial charge in [0.25, 0.3) is 5.91 Å². The summed E-state index contributed by atoms with van der Waals surface area (Å²) in [6, 6.07) is 10.2. The Balaban J connectivity index is 1.81. The average Bonchev–Trinajstić information content (AvgIpc) is 2.74. The molecule has 0 radical (unpaired) electrons. The molecule has 3 heterocycles. The number of carbonyl (C=O) groups excluding carboxylic acids is 1. The van der Waals surface area contributed by atoms with Crippen LogP contribution in [0.1, 0.15) is 48.7 Å². The zero-order valence-corrected chi connectivity index (χ0v) is 16.8. The van der Waals surface area contributed by atoms with Crippen LogP contribution in [-0.4, -0.2) is 33.4 Å². The SMILES string of the molecule is CCC1CCCCN1C(=O)c1cnc2nc(C)ccc2c1Nc1ccc(F)cc1. The Morgan fingerprint density at radius 3 is 2.76 bits per heavy atom. The minimum Gasteiger partial charge on any atom is -0.354 e. The second-order valence-electron chi connectivity index (χ2n) is 7.56. The first-order valence-corrected chi connectivity index (χ1v) is 10.2. The van der Waals surface area contributed by atoms with E-state index in [0.717, 1.165) is 43.3 Å². The minimum atomic E-state index is -0.303. The van der Waals surface area contributed by atoms with Gasteiger partial charge in [-0.1, -0.05) is 6.92 Å². The first kappa shape index (κ1) is 19.3. The van der Waals surface area contributed by atoms with E-state index in [1.54, 1.807) is 18.3 Å². The van der Waals surface area contributed by atoms with Crippen molar-refractivity contribution in [3.8, 4) is 0 Å². The van der Waals surface area contributed by atoms with E-state index in [0.29, 0.717) is 22.6 Å². The summed E-state index contributed by atoms with van der Waals surface area (Å²) in [5, 5.41) is 4.09. The lowest BCUT2D eigenvalue weighted by atomic mass is 9.98. The molecule has 1 atom stereocenters. The van der Waals surface area contributed by atoms with Crippen LogP contribution in [-0.2, 0) is 0 Å². The maximum atomic E-state index is 13.5. The van der Waals surface area contributed by atoms with Gasteiger partial charge < -0.3 is 10.2 Å². The summed E-state index contributed by atoms with van der Waals surface area (Å²) in [6.07, 6.45) is 5.76. The van der Waals surface area contributed by atoms with Crippen LogP contribution in [0.2, 0.25) is 0 Å². The first-order chi connectivity index (χ1) is 14.1. The summed E-state index contributed by atoms with van der Waals surface area (Å²) < 4.78 is 13.3. The highest BCUT2D eigenvalue weighted by Gasteiger charge is 2.28. The number of pyridine rings is 2. The summed E-state index contributed by atoms with van der Waals surface area (Å²) in [4.78, 5) is 24.5. The molecule has 0 bridgehead atoms. The Kier molecular flexibility index (Phi) is 5.43. The molecule has 1 unspecified atom stereocenters. The number of anilines is 2. The number of hydrogen-bond donors (Lipinski definition) is 1. The number of halogens is 1. The van der Waals surface area contributed by atoms with Crippen molar-refractivity contribution >= 4 is 28.3 Å². The van der Waals surface area contributed by atoms with Crippen LogP contribution in [0.25, 0.3) is 11.0 Å². The average molecular weight is 392 g/mol. The summed E-state index contributed by atoms with van der Waals surface area (Å²) in [6.45, 7) is 4.80. The third-order valence-electron chi connectivity index (χ3n) is 5.57. The number of carbonyl (C=O) groups is 1. The summed E-state index contributed by atoms with van der Waals surface area (Å²) in [7, 11) is 0. The molecule has 1 aliphatic rings. The van der Waals surface area contributed by atoms with Gasteiger partial charge in [0.1, 0.15) is 5.82 Å². The summed E-state index contributed by atoms with van der Waals surface area (Å²) in [5.74, 6) is -0.320. The smallest absolute Gasteiger partial charge is 0.257 e. The predicted octanol–water partition coefficient (Wildman–Crippen LogP) is 5.23. The van der Waals surface area contributed by atoms with Gasteiger partial charge in [0.15, 0.2) is 5.65 Å². The van der Waals surface area contributed by atoms with Crippen molar-refractivity contribution in [2.24, 2.45) is 0 Å². The highest BCUT2D eigenvalue weighted by molar-refractivity contribution is 6.07. The van der Waals surface area contributed by atoms with Gasteiger partial charge in [0, 0.05) is 35.6 Å². The predicted molar refractivity (Wildman–Crippen MR) is 113 cm³/mol. The van der Waals surface area contributed by atoms with Gasteiger partial charge in [0.2, 0.25) is 0 Å². The van der Waals surface area contributed by atoms with E-state index in [-0.39, 0.29) is 17.8 Å². The molecule has 1 amide bonds. The number of aryl methyl sites for hydroxylation is 1. The van der Waals surface area contributed by atoms with Crippen molar-refractivity contribution in [1.29, 1.82) is 0 Å². The highest BCUT2D eigenvalue weighted by Crippen LogP contribution is 2.31. The van der Waals surface area contributed by atoms with E-state index in [1.165, 1.54) is 12.1 Å². The largest absolute Gasteiger partial charge is 0.354 e. The molecular weight excluding hydrogens is 367 g/mol. The minimum absolute atomic E-state index is 0.0175. The number of likely N-dealkylation sites (tertiary alicyclic amines) is 1. The third kappa shape index (κ3) is 3.92. The lowest BCUT2D eigenvalue weighted by Gasteiger charge is -2.35. The van der Waals surface area contributed by atoms with Crippen LogP contribution in [0.5, 0.6) is 0 Å². The van der Waals surface area contributed by atoms with Gasteiger partial charge in [0.05, 0.1) is 11.3 Å². The van der Waals surface area contributed by atoms with Crippen molar-refractivity contribution in [2.45, 2.75) is 45.6 Å². The van der Waals surface area contributed by atoms with Crippen molar-refractivity contribution in [3.05, 3.63) is 59.7 Å². The fourth-order valence-electron chi connectivity index (χ4n) is 3.99. The van der Waals surface area contributed by atoms with Crippen LogP contribution < -0.4 is 5.32 Å². The van der Waals surface area contributed by atoms with E-state index in [2.05, 4.69) is 22.2 Å². The highest BCUT2D eigenvalue weighted by atomic mass is 19.1.